The van der Waals surface area contributed by atoms with Gasteiger partial charge in [-0.3, -0.25) is 9.69 Å². The number of amides is 3. The molecule has 2 aliphatic heterocycles. The van der Waals surface area contributed by atoms with E-state index in [2.05, 4.69) is 40.0 Å². The van der Waals surface area contributed by atoms with Gasteiger partial charge in [0.1, 0.15) is 0 Å². The van der Waals surface area contributed by atoms with Crippen molar-refractivity contribution in [3.8, 4) is 0 Å². The molecule has 2 N–H and O–H groups in total. The topological polar surface area (TPSA) is 64.7 Å². The summed E-state index contributed by atoms with van der Waals surface area (Å²) in [4.78, 5) is 31.3. The van der Waals surface area contributed by atoms with Crippen LogP contribution in [0.4, 0.5) is 10.5 Å². The molecule has 2 saturated heterocycles. The zero-order valence-electron chi connectivity index (χ0n) is 18.8. The maximum absolute atomic E-state index is 13.0. The van der Waals surface area contributed by atoms with Gasteiger partial charge in [0, 0.05) is 30.2 Å². The second-order valence-electron chi connectivity index (χ2n) is 9.08. The Morgan fingerprint density at radius 2 is 1.84 bits per heavy atom. The van der Waals surface area contributed by atoms with Gasteiger partial charge in [0.2, 0.25) is 5.91 Å². The average molecular weight is 455 g/mol. The summed E-state index contributed by atoms with van der Waals surface area (Å²) in [7, 11) is 0. The fraction of sp³-hybridized carbons (Fsp3) is 0.520. The zero-order chi connectivity index (χ0) is 22.3. The summed E-state index contributed by atoms with van der Waals surface area (Å²) in [6, 6.07) is 13.8. The van der Waals surface area contributed by atoms with Gasteiger partial charge in [0.25, 0.3) is 0 Å². The van der Waals surface area contributed by atoms with Crippen LogP contribution in [0, 0.1) is 11.8 Å². The van der Waals surface area contributed by atoms with E-state index in [9.17, 15) is 9.59 Å². The van der Waals surface area contributed by atoms with Crippen LogP contribution in [0.3, 0.4) is 0 Å². The molecule has 0 radical (unpaired) electrons. The van der Waals surface area contributed by atoms with Crippen LogP contribution in [0.5, 0.6) is 0 Å². The van der Waals surface area contributed by atoms with E-state index in [1.54, 1.807) is 16.2 Å². The number of carbonyl (C=O) groups is 2. The summed E-state index contributed by atoms with van der Waals surface area (Å²) in [5, 5.41) is 8.27. The summed E-state index contributed by atoms with van der Waals surface area (Å²) < 4.78 is 0. The molecule has 6 nitrogen and oxygen atoms in total. The lowest BCUT2D eigenvalue weighted by Gasteiger charge is -2.37. The molecule has 1 aromatic heterocycles. The third kappa shape index (κ3) is 5.90. The number of rotatable bonds is 6. The monoisotopic (exact) mass is 454 g/mol. The SMILES string of the molecule is CC1CCN([C@@H](CNC(=O)[C@H]2CCCN(C(=O)Nc3ccccc3)C2)c2cccs2)CC1. The first-order valence-corrected chi connectivity index (χ1v) is 12.6. The van der Waals surface area contributed by atoms with Crippen LogP contribution in [0.25, 0.3) is 0 Å². The van der Waals surface area contributed by atoms with Crippen molar-refractivity contribution in [2.45, 2.75) is 38.6 Å². The third-order valence-electron chi connectivity index (χ3n) is 6.70. The lowest BCUT2D eigenvalue weighted by Crippen LogP contribution is -2.48. The van der Waals surface area contributed by atoms with Gasteiger partial charge < -0.3 is 15.5 Å². The van der Waals surface area contributed by atoms with Gasteiger partial charge in [0.05, 0.1) is 12.0 Å². The largest absolute Gasteiger partial charge is 0.354 e. The molecular formula is C25H34N4O2S. The van der Waals surface area contributed by atoms with Gasteiger partial charge in [0.15, 0.2) is 0 Å². The normalized spacial score (nSPS) is 21.2. The summed E-state index contributed by atoms with van der Waals surface area (Å²) in [5.74, 6) is 0.685. The summed E-state index contributed by atoms with van der Waals surface area (Å²) in [5.41, 5.74) is 0.777. The van der Waals surface area contributed by atoms with Gasteiger partial charge in [-0.25, -0.2) is 4.79 Å². The number of nitrogens with zero attached hydrogens (tertiary/aromatic N) is 2. The number of benzene rings is 1. The second kappa shape index (κ2) is 11.0. The van der Waals surface area contributed by atoms with Gasteiger partial charge in [-0.15, -0.1) is 11.3 Å². The molecule has 172 valence electrons. The highest BCUT2D eigenvalue weighted by Crippen LogP contribution is 2.29. The van der Waals surface area contributed by atoms with Crippen LogP contribution in [0.2, 0.25) is 0 Å². The Kier molecular flexibility index (Phi) is 7.81. The molecule has 3 amide bonds. The molecule has 2 fully saturated rings. The highest BCUT2D eigenvalue weighted by molar-refractivity contribution is 7.10. The molecule has 2 aromatic rings. The van der Waals surface area contributed by atoms with E-state index in [0.29, 0.717) is 19.6 Å². The number of likely N-dealkylation sites (tertiary alicyclic amines) is 2. The average Bonchev–Trinajstić information content (AvgIpc) is 3.35. The molecule has 3 heterocycles. The molecular weight excluding hydrogens is 420 g/mol. The van der Waals surface area contributed by atoms with Crippen LogP contribution in [-0.4, -0.2) is 54.5 Å². The summed E-state index contributed by atoms with van der Waals surface area (Å²) in [6.45, 7) is 6.26. The molecule has 0 spiro atoms. The summed E-state index contributed by atoms with van der Waals surface area (Å²) in [6.07, 6.45) is 4.10. The van der Waals surface area contributed by atoms with Crippen molar-refractivity contribution >= 4 is 29.0 Å². The van der Waals surface area contributed by atoms with E-state index in [1.807, 2.05) is 30.3 Å². The number of piperidine rings is 2. The number of anilines is 1. The van der Waals surface area contributed by atoms with Crippen molar-refractivity contribution in [3.05, 3.63) is 52.7 Å². The van der Waals surface area contributed by atoms with Crippen molar-refractivity contribution in [1.29, 1.82) is 0 Å². The maximum atomic E-state index is 13.0. The van der Waals surface area contributed by atoms with Crippen molar-refractivity contribution in [2.75, 3.05) is 38.0 Å². The fourth-order valence-electron chi connectivity index (χ4n) is 4.67. The molecule has 0 unspecified atom stereocenters. The van der Waals surface area contributed by atoms with Crippen LogP contribution in [-0.2, 0) is 4.79 Å². The standard InChI is InChI=1S/C25H34N4O2S/c1-19-11-14-28(15-12-19)22(23-10-6-16-32-23)17-26-24(30)20-7-5-13-29(18-20)25(31)27-21-8-3-2-4-9-21/h2-4,6,8-10,16,19-20,22H,5,7,11-15,17-18H2,1H3,(H,26,30)(H,27,31)/t20-,22-/m0/s1. The van der Waals surface area contributed by atoms with Crippen molar-refractivity contribution in [2.24, 2.45) is 11.8 Å². The molecule has 0 bridgehead atoms. The van der Waals surface area contributed by atoms with E-state index in [1.165, 1.54) is 17.7 Å². The number of thiophene rings is 1. The Bertz CT molecular complexity index is 865. The molecule has 0 aliphatic carbocycles. The van der Waals surface area contributed by atoms with Gasteiger partial charge >= 0.3 is 6.03 Å². The van der Waals surface area contributed by atoms with Crippen LogP contribution in [0.1, 0.15) is 43.5 Å². The Labute approximate surface area is 195 Å². The Morgan fingerprint density at radius 3 is 2.56 bits per heavy atom. The predicted octanol–water partition coefficient (Wildman–Crippen LogP) is 4.58. The Morgan fingerprint density at radius 1 is 1.06 bits per heavy atom. The Hall–Kier alpha value is -2.38. The molecule has 4 rings (SSSR count). The number of nitrogens with one attached hydrogen (secondary N) is 2. The number of hydrogen-bond donors (Lipinski definition) is 2. The van der Waals surface area contributed by atoms with E-state index in [-0.39, 0.29) is 23.9 Å². The molecule has 2 aliphatic rings. The molecule has 1 aromatic carbocycles. The highest BCUT2D eigenvalue weighted by atomic mass is 32.1. The van der Waals surface area contributed by atoms with Crippen molar-refractivity contribution in [1.82, 2.24) is 15.1 Å². The molecule has 7 heteroatoms. The van der Waals surface area contributed by atoms with E-state index in [0.717, 1.165) is 37.5 Å². The van der Waals surface area contributed by atoms with E-state index >= 15 is 0 Å². The minimum absolute atomic E-state index is 0.0640. The number of para-hydroxylation sites is 1. The fourth-order valence-corrected chi connectivity index (χ4v) is 5.53. The minimum atomic E-state index is -0.157. The lowest BCUT2D eigenvalue weighted by molar-refractivity contribution is -0.126. The zero-order valence-corrected chi connectivity index (χ0v) is 19.7. The third-order valence-corrected chi connectivity index (χ3v) is 7.68. The van der Waals surface area contributed by atoms with Gasteiger partial charge in [-0.05, 0) is 68.3 Å². The Balaban J connectivity index is 1.32. The van der Waals surface area contributed by atoms with E-state index < -0.39 is 0 Å². The molecule has 32 heavy (non-hydrogen) atoms. The summed E-state index contributed by atoms with van der Waals surface area (Å²) >= 11 is 1.76. The maximum Gasteiger partial charge on any atom is 0.321 e. The van der Waals surface area contributed by atoms with Gasteiger partial charge in [-0.2, -0.15) is 0 Å². The minimum Gasteiger partial charge on any atom is -0.354 e. The lowest BCUT2D eigenvalue weighted by atomic mass is 9.96. The first-order valence-electron chi connectivity index (χ1n) is 11.8. The second-order valence-corrected chi connectivity index (χ2v) is 10.1. The first-order chi connectivity index (χ1) is 15.6. The molecule has 2 atom stereocenters. The van der Waals surface area contributed by atoms with E-state index in [4.69, 9.17) is 0 Å². The van der Waals surface area contributed by atoms with Crippen LogP contribution in [0.15, 0.2) is 47.8 Å². The first kappa shape index (κ1) is 22.8. The highest BCUT2D eigenvalue weighted by Gasteiger charge is 2.30. The van der Waals surface area contributed by atoms with Gasteiger partial charge in [-0.1, -0.05) is 31.2 Å². The quantitative estimate of drug-likeness (QED) is 0.671. The van der Waals surface area contributed by atoms with Crippen LogP contribution >= 0.6 is 11.3 Å². The van der Waals surface area contributed by atoms with Crippen molar-refractivity contribution < 1.29 is 9.59 Å². The number of carbonyl (C=O) groups excluding carboxylic acids is 2. The predicted molar refractivity (Wildman–Crippen MR) is 130 cm³/mol. The number of urea groups is 1. The van der Waals surface area contributed by atoms with Crippen molar-refractivity contribution in [3.63, 3.8) is 0 Å². The van der Waals surface area contributed by atoms with Crippen LogP contribution < -0.4 is 10.6 Å². The molecule has 0 saturated carbocycles. The number of hydrogen-bond acceptors (Lipinski definition) is 4. The smallest absolute Gasteiger partial charge is 0.321 e.